The third-order valence-electron chi connectivity index (χ3n) is 4.74. The number of carbonyl (C=O) groups excluding carboxylic acids is 1. The minimum absolute atomic E-state index is 0.0502. The molecule has 1 amide bonds. The highest BCUT2D eigenvalue weighted by molar-refractivity contribution is 7.18. The van der Waals surface area contributed by atoms with Gasteiger partial charge in [0.1, 0.15) is 10.7 Å². The van der Waals surface area contributed by atoms with Crippen molar-refractivity contribution in [1.29, 1.82) is 0 Å². The highest BCUT2D eigenvalue weighted by Crippen LogP contribution is 2.25. The van der Waals surface area contributed by atoms with Gasteiger partial charge in [0.15, 0.2) is 0 Å². The Bertz CT molecular complexity index is 1300. The highest BCUT2D eigenvalue weighted by Gasteiger charge is 2.13. The minimum Gasteiger partial charge on any atom is -0.358 e. The van der Waals surface area contributed by atoms with E-state index in [0.29, 0.717) is 16.0 Å². The molecule has 142 valence electrons. The van der Waals surface area contributed by atoms with Crippen LogP contribution in [0.3, 0.4) is 0 Å². The fourth-order valence-electron chi connectivity index (χ4n) is 3.21. The van der Waals surface area contributed by atoms with Crippen LogP contribution in [0.1, 0.15) is 27.5 Å². The van der Waals surface area contributed by atoms with Gasteiger partial charge in [0.25, 0.3) is 5.56 Å². The largest absolute Gasteiger partial charge is 0.358 e. The molecule has 0 saturated heterocycles. The molecule has 7 nitrogen and oxygen atoms in total. The van der Waals surface area contributed by atoms with E-state index in [1.807, 2.05) is 45.0 Å². The molecule has 1 aromatic carbocycles. The van der Waals surface area contributed by atoms with E-state index in [2.05, 4.69) is 25.5 Å². The lowest BCUT2D eigenvalue weighted by Crippen LogP contribution is -2.23. The van der Waals surface area contributed by atoms with Gasteiger partial charge >= 0.3 is 0 Å². The van der Waals surface area contributed by atoms with Gasteiger partial charge < -0.3 is 9.97 Å². The molecular weight excluding hydrogens is 374 g/mol. The van der Waals surface area contributed by atoms with Crippen molar-refractivity contribution in [2.75, 3.05) is 0 Å². The minimum atomic E-state index is -0.346. The molecule has 8 heteroatoms. The van der Waals surface area contributed by atoms with E-state index in [1.165, 1.54) is 11.3 Å². The van der Waals surface area contributed by atoms with Gasteiger partial charge in [-0.1, -0.05) is 18.2 Å². The van der Waals surface area contributed by atoms with Crippen LogP contribution in [0.5, 0.6) is 0 Å². The zero-order valence-electron chi connectivity index (χ0n) is 15.7. The van der Waals surface area contributed by atoms with Crippen molar-refractivity contribution in [3.63, 3.8) is 0 Å². The molecule has 4 rings (SSSR count). The van der Waals surface area contributed by atoms with Crippen molar-refractivity contribution in [2.45, 2.75) is 27.2 Å². The molecule has 0 aliphatic carbocycles. The van der Waals surface area contributed by atoms with Crippen molar-refractivity contribution >= 4 is 44.6 Å². The molecule has 0 spiro atoms. The number of para-hydroxylation sites is 1. The maximum Gasteiger partial charge on any atom is 0.259 e. The van der Waals surface area contributed by atoms with Crippen LogP contribution in [0, 0.1) is 20.8 Å². The van der Waals surface area contributed by atoms with Crippen LogP contribution in [0.15, 0.2) is 34.2 Å². The molecule has 3 heterocycles. The third kappa shape index (κ3) is 3.22. The molecule has 3 N–H and O–H groups in total. The smallest absolute Gasteiger partial charge is 0.259 e. The van der Waals surface area contributed by atoms with Crippen LogP contribution in [-0.4, -0.2) is 27.1 Å². The van der Waals surface area contributed by atoms with Crippen LogP contribution in [0.25, 0.3) is 21.1 Å². The van der Waals surface area contributed by atoms with Gasteiger partial charge in [-0.05, 0) is 32.4 Å². The molecule has 0 aliphatic rings. The summed E-state index contributed by atoms with van der Waals surface area (Å²) in [6.07, 6.45) is 1.57. The number of carbonyl (C=O) groups is 1. The predicted octanol–water partition coefficient (Wildman–Crippen LogP) is 3.08. The molecule has 0 saturated carbocycles. The van der Waals surface area contributed by atoms with E-state index in [-0.39, 0.29) is 17.9 Å². The Hall–Kier alpha value is -3.26. The van der Waals surface area contributed by atoms with Crippen LogP contribution in [0.2, 0.25) is 0 Å². The topological polar surface area (TPSA) is 103 Å². The summed E-state index contributed by atoms with van der Waals surface area (Å²) in [5, 5.41) is 5.70. The summed E-state index contributed by atoms with van der Waals surface area (Å²) >= 11 is 1.46. The number of amides is 1. The number of aromatic amines is 2. The van der Waals surface area contributed by atoms with Gasteiger partial charge in [-0.3, -0.25) is 9.59 Å². The van der Waals surface area contributed by atoms with Crippen LogP contribution >= 0.6 is 11.3 Å². The number of fused-ring (bicyclic) bond motifs is 2. The van der Waals surface area contributed by atoms with E-state index in [4.69, 9.17) is 0 Å². The van der Waals surface area contributed by atoms with Gasteiger partial charge in [-0.2, -0.15) is 5.10 Å². The number of H-pyrrole nitrogens is 2. The van der Waals surface area contributed by atoms with Crippen LogP contribution in [-0.2, 0) is 11.2 Å². The first-order valence-corrected chi connectivity index (χ1v) is 9.64. The summed E-state index contributed by atoms with van der Waals surface area (Å²) in [7, 11) is 0. The summed E-state index contributed by atoms with van der Waals surface area (Å²) < 4.78 is 0. The Morgan fingerprint density at radius 1 is 1.25 bits per heavy atom. The molecule has 0 aliphatic heterocycles. The Balaban J connectivity index is 1.50. The Kier molecular flexibility index (Phi) is 4.56. The van der Waals surface area contributed by atoms with E-state index >= 15 is 0 Å². The molecule has 0 radical (unpaired) electrons. The molecule has 28 heavy (non-hydrogen) atoms. The molecule has 3 aromatic heterocycles. The number of hydrazone groups is 1. The third-order valence-corrected chi connectivity index (χ3v) is 5.84. The lowest BCUT2D eigenvalue weighted by molar-refractivity contribution is -0.120. The second-order valence-corrected chi connectivity index (χ2v) is 7.86. The van der Waals surface area contributed by atoms with Gasteiger partial charge in [0.2, 0.25) is 5.91 Å². The van der Waals surface area contributed by atoms with Gasteiger partial charge in [0, 0.05) is 27.0 Å². The normalized spacial score (nSPS) is 11.7. The first-order valence-electron chi connectivity index (χ1n) is 8.82. The van der Waals surface area contributed by atoms with Gasteiger partial charge in [-0.15, -0.1) is 11.3 Å². The van der Waals surface area contributed by atoms with Crippen molar-refractivity contribution in [3.05, 3.63) is 62.1 Å². The first-order chi connectivity index (χ1) is 13.4. The number of thiophene rings is 1. The second-order valence-electron chi connectivity index (χ2n) is 6.66. The zero-order valence-corrected chi connectivity index (χ0v) is 16.5. The van der Waals surface area contributed by atoms with E-state index in [1.54, 1.807) is 6.21 Å². The number of hydrogen-bond acceptors (Lipinski definition) is 5. The Morgan fingerprint density at radius 3 is 2.86 bits per heavy atom. The summed E-state index contributed by atoms with van der Waals surface area (Å²) in [4.78, 5) is 36.6. The number of aryl methyl sites for hydroxylation is 3. The number of aromatic nitrogens is 3. The molecule has 0 fully saturated rings. The molecule has 0 bridgehead atoms. The van der Waals surface area contributed by atoms with E-state index < -0.39 is 0 Å². The fraction of sp³-hybridized carbons (Fsp3) is 0.200. The number of benzene rings is 1. The van der Waals surface area contributed by atoms with Crippen LogP contribution < -0.4 is 11.0 Å². The molecule has 0 unspecified atom stereocenters. The predicted molar refractivity (Wildman–Crippen MR) is 112 cm³/mol. The average molecular weight is 393 g/mol. The van der Waals surface area contributed by atoms with Crippen molar-refractivity contribution in [3.8, 4) is 0 Å². The van der Waals surface area contributed by atoms with Gasteiger partial charge in [0.05, 0.1) is 18.0 Å². The van der Waals surface area contributed by atoms with Crippen molar-refractivity contribution in [1.82, 2.24) is 20.4 Å². The summed E-state index contributed by atoms with van der Waals surface area (Å²) in [5.74, 6) is -0.0176. The number of rotatable bonds is 4. The first kappa shape index (κ1) is 18.1. The Morgan fingerprint density at radius 2 is 2.04 bits per heavy atom. The average Bonchev–Trinajstić information content (AvgIpc) is 3.11. The lowest BCUT2D eigenvalue weighted by atomic mass is 10.1. The maximum absolute atomic E-state index is 12.3. The highest BCUT2D eigenvalue weighted by atomic mass is 32.1. The number of nitrogens with one attached hydrogen (secondary N) is 3. The summed E-state index contributed by atoms with van der Waals surface area (Å²) in [6.45, 7) is 5.81. The van der Waals surface area contributed by atoms with Crippen molar-refractivity contribution in [2.24, 2.45) is 5.10 Å². The number of hydrogen-bond donors (Lipinski definition) is 3. The summed E-state index contributed by atoms with van der Waals surface area (Å²) in [5.41, 5.74) is 6.14. The number of nitrogens with zero attached hydrogens (tertiary/aromatic N) is 2. The van der Waals surface area contributed by atoms with E-state index in [9.17, 15) is 9.59 Å². The second kappa shape index (κ2) is 7.05. The standard InChI is InChI=1S/C20H19N5O2S/c1-10-12(3)28-20-18(10)19(27)23-16(24-20)8-17(26)25-21-9-14-11(2)22-15-7-5-4-6-13(14)15/h4-7,9,22H,8H2,1-3H3,(H,25,26)(H,23,24,27)/b21-9+. The zero-order chi connectivity index (χ0) is 19.8. The summed E-state index contributed by atoms with van der Waals surface area (Å²) in [6, 6.07) is 7.90. The molecule has 4 aromatic rings. The fourth-order valence-corrected chi connectivity index (χ4v) is 4.26. The maximum atomic E-state index is 12.3. The van der Waals surface area contributed by atoms with Gasteiger partial charge in [-0.25, -0.2) is 10.4 Å². The quantitative estimate of drug-likeness (QED) is 0.367. The monoisotopic (exact) mass is 393 g/mol. The van der Waals surface area contributed by atoms with Crippen LogP contribution in [0.4, 0.5) is 0 Å². The molecular formula is C20H19N5O2S. The van der Waals surface area contributed by atoms with E-state index in [0.717, 1.165) is 32.6 Å². The molecule has 0 atom stereocenters. The lowest BCUT2D eigenvalue weighted by Gasteiger charge is -2.01. The van der Waals surface area contributed by atoms with Crippen molar-refractivity contribution < 1.29 is 4.79 Å². The SMILES string of the molecule is Cc1[nH]c2ccccc2c1/C=N/NC(=O)Cc1nc2sc(C)c(C)c2c(=O)[nH]1. The Labute approximate surface area is 164 Å².